The van der Waals surface area contributed by atoms with Gasteiger partial charge in [0.2, 0.25) is 5.95 Å². The number of halogens is 1. The molecule has 2 fully saturated rings. The van der Waals surface area contributed by atoms with Crippen LogP contribution in [-0.2, 0) is 24.4 Å². The van der Waals surface area contributed by atoms with Crippen LogP contribution < -0.4 is 15.5 Å². The first-order valence-corrected chi connectivity index (χ1v) is 12.2. The van der Waals surface area contributed by atoms with Crippen LogP contribution >= 0.6 is 11.6 Å². The van der Waals surface area contributed by atoms with E-state index in [0.29, 0.717) is 54.2 Å². The van der Waals surface area contributed by atoms with E-state index in [2.05, 4.69) is 20.5 Å². The third-order valence-electron chi connectivity index (χ3n) is 6.54. The van der Waals surface area contributed by atoms with Gasteiger partial charge in [-0.15, -0.1) is 0 Å². The largest absolute Gasteiger partial charge is 0.392 e. The highest BCUT2D eigenvalue weighted by atomic mass is 35.5. The Balaban J connectivity index is 1.39. The van der Waals surface area contributed by atoms with Gasteiger partial charge in [-0.1, -0.05) is 54.1 Å². The molecule has 2 bridgehead atoms. The van der Waals surface area contributed by atoms with E-state index >= 15 is 0 Å². The summed E-state index contributed by atoms with van der Waals surface area (Å²) in [7, 11) is 0. The Morgan fingerprint density at radius 3 is 2.57 bits per heavy atom. The summed E-state index contributed by atoms with van der Waals surface area (Å²) in [4.78, 5) is 24.7. The molecule has 2 atom stereocenters. The number of morpholine rings is 1. The van der Waals surface area contributed by atoms with Crippen molar-refractivity contribution in [3.8, 4) is 0 Å². The monoisotopic (exact) mass is 493 g/mol. The molecule has 3 N–H and O–H groups in total. The van der Waals surface area contributed by atoms with Crippen LogP contribution in [0.4, 0.5) is 11.8 Å². The van der Waals surface area contributed by atoms with Gasteiger partial charge in [-0.3, -0.25) is 4.79 Å². The average Bonchev–Trinajstić information content (AvgIpc) is 3.14. The first kappa shape index (κ1) is 23.5. The molecule has 3 heterocycles. The maximum absolute atomic E-state index is 13.1. The van der Waals surface area contributed by atoms with Crippen molar-refractivity contribution in [2.45, 2.75) is 44.6 Å². The second-order valence-electron chi connectivity index (χ2n) is 8.87. The second kappa shape index (κ2) is 10.6. The van der Waals surface area contributed by atoms with Crippen molar-refractivity contribution in [1.29, 1.82) is 0 Å². The summed E-state index contributed by atoms with van der Waals surface area (Å²) >= 11 is 6.26. The van der Waals surface area contributed by atoms with E-state index < -0.39 is 0 Å². The Morgan fingerprint density at radius 2 is 1.86 bits per heavy atom. The number of amides is 1. The summed E-state index contributed by atoms with van der Waals surface area (Å²) in [5.41, 5.74) is 2.97. The van der Waals surface area contributed by atoms with Crippen LogP contribution in [0.25, 0.3) is 0 Å². The lowest BCUT2D eigenvalue weighted by Crippen LogP contribution is -2.46. The van der Waals surface area contributed by atoms with Crippen LogP contribution in [0.5, 0.6) is 0 Å². The van der Waals surface area contributed by atoms with Crippen molar-refractivity contribution in [3.05, 3.63) is 82.0 Å². The van der Waals surface area contributed by atoms with Gasteiger partial charge in [-0.2, -0.15) is 4.98 Å². The number of nitrogens with zero attached hydrogens (tertiary/aromatic N) is 3. The summed E-state index contributed by atoms with van der Waals surface area (Å²) in [6.07, 6.45) is 3.69. The van der Waals surface area contributed by atoms with E-state index in [4.69, 9.17) is 21.3 Å². The maximum Gasteiger partial charge on any atom is 0.256 e. The van der Waals surface area contributed by atoms with Crippen molar-refractivity contribution in [3.63, 3.8) is 0 Å². The Hall–Kier alpha value is -3.20. The van der Waals surface area contributed by atoms with Gasteiger partial charge >= 0.3 is 0 Å². The number of anilines is 2. The molecule has 1 amide bonds. The average molecular weight is 494 g/mol. The number of ether oxygens (including phenoxy) is 1. The van der Waals surface area contributed by atoms with Gasteiger partial charge in [0.15, 0.2) is 0 Å². The summed E-state index contributed by atoms with van der Waals surface area (Å²) in [5.74, 6) is 0.826. The smallest absolute Gasteiger partial charge is 0.256 e. The molecule has 0 aliphatic carbocycles. The lowest BCUT2D eigenvalue weighted by atomic mass is 10.1. The summed E-state index contributed by atoms with van der Waals surface area (Å²) in [5, 5.41) is 16.2. The van der Waals surface area contributed by atoms with Gasteiger partial charge in [-0.25, -0.2) is 4.98 Å². The van der Waals surface area contributed by atoms with Gasteiger partial charge in [-0.05, 0) is 35.6 Å². The molecule has 2 aliphatic heterocycles. The van der Waals surface area contributed by atoms with Crippen molar-refractivity contribution < 1.29 is 14.6 Å². The number of aliphatic hydroxyl groups is 1. The molecular weight excluding hydrogens is 466 g/mol. The van der Waals surface area contributed by atoms with Crippen LogP contribution in [0.1, 0.15) is 39.9 Å². The molecule has 9 heteroatoms. The number of hydrogen-bond donors (Lipinski definition) is 3. The molecule has 1 aromatic heterocycles. The molecule has 2 aliphatic rings. The van der Waals surface area contributed by atoms with Crippen molar-refractivity contribution in [2.24, 2.45) is 0 Å². The molecule has 5 rings (SSSR count). The minimum absolute atomic E-state index is 0.116. The number of rotatable bonds is 8. The Morgan fingerprint density at radius 1 is 1.09 bits per heavy atom. The van der Waals surface area contributed by atoms with Crippen LogP contribution in [0.2, 0.25) is 5.02 Å². The van der Waals surface area contributed by atoms with E-state index in [1.165, 1.54) is 0 Å². The molecule has 0 saturated carbocycles. The minimum Gasteiger partial charge on any atom is -0.392 e. The fourth-order valence-electron chi connectivity index (χ4n) is 4.64. The number of carbonyl (C=O) groups excluding carboxylic acids is 1. The molecule has 0 spiro atoms. The number of carbonyl (C=O) groups is 1. The molecule has 2 aromatic carbocycles. The van der Waals surface area contributed by atoms with Crippen LogP contribution in [0.3, 0.4) is 0 Å². The van der Waals surface area contributed by atoms with Crippen LogP contribution in [-0.4, -0.2) is 46.3 Å². The third kappa shape index (κ3) is 5.24. The Labute approximate surface area is 209 Å². The van der Waals surface area contributed by atoms with Gasteiger partial charge in [0.25, 0.3) is 5.91 Å². The number of fused-ring (bicyclic) bond motifs is 2. The lowest BCUT2D eigenvalue weighted by Gasteiger charge is -2.34. The standard InChI is InChI=1S/C26H28ClN5O3/c27-23-10-18(6-7-19(23)14-33)12-28-24-22(25(34)29-11-17-4-2-1-3-5-17)13-30-26(31-24)32-20-8-9-21(32)16-35-15-20/h1-7,10,13,20-21,33H,8-9,11-12,14-16H2,(H,29,34)(H,28,30,31). The highest BCUT2D eigenvalue weighted by molar-refractivity contribution is 6.31. The quantitative estimate of drug-likeness (QED) is 0.441. The van der Waals surface area contributed by atoms with Gasteiger partial charge < -0.3 is 25.4 Å². The molecule has 35 heavy (non-hydrogen) atoms. The van der Waals surface area contributed by atoms with E-state index in [1.807, 2.05) is 36.4 Å². The zero-order valence-electron chi connectivity index (χ0n) is 19.3. The molecule has 3 aromatic rings. The van der Waals surface area contributed by atoms with Crippen LogP contribution in [0.15, 0.2) is 54.7 Å². The molecule has 2 saturated heterocycles. The molecule has 0 radical (unpaired) electrons. The normalized spacial score (nSPS) is 19.0. The third-order valence-corrected chi connectivity index (χ3v) is 6.89. The number of nitrogens with one attached hydrogen (secondary N) is 2. The fourth-order valence-corrected chi connectivity index (χ4v) is 4.90. The number of aliphatic hydroxyl groups excluding tert-OH is 1. The second-order valence-corrected chi connectivity index (χ2v) is 9.27. The number of aromatic nitrogens is 2. The molecule has 182 valence electrons. The molecule has 2 unspecified atom stereocenters. The van der Waals surface area contributed by atoms with Gasteiger partial charge in [0.05, 0.1) is 31.9 Å². The number of hydrogen-bond acceptors (Lipinski definition) is 7. The van der Waals surface area contributed by atoms with E-state index in [1.54, 1.807) is 18.3 Å². The van der Waals surface area contributed by atoms with Crippen molar-refractivity contribution in [2.75, 3.05) is 23.4 Å². The van der Waals surface area contributed by atoms with Crippen molar-refractivity contribution in [1.82, 2.24) is 15.3 Å². The lowest BCUT2D eigenvalue weighted by molar-refractivity contribution is 0.0896. The highest BCUT2D eigenvalue weighted by Crippen LogP contribution is 2.33. The van der Waals surface area contributed by atoms with E-state index in [-0.39, 0.29) is 24.6 Å². The zero-order valence-corrected chi connectivity index (χ0v) is 20.0. The van der Waals surface area contributed by atoms with Gasteiger partial charge in [0, 0.05) is 24.3 Å². The fraction of sp³-hybridized carbons (Fsp3) is 0.346. The predicted octanol–water partition coefficient (Wildman–Crippen LogP) is 3.53. The Kier molecular flexibility index (Phi) is 7.13. The summed E-state index contributed by atoms with van der Waals surface area (Å²) in [6, 6.07) is 15.8. The molecular formula is C26H28ClN5O3. The maximum atomic E-state index is 13.1. The highest BCUT2D eigenvalue weighted by Gasteiger charge is 2.39. The minimum atomic E-state index is -0.249. The predicted molar refractivity (Wildman–Crippen MR) is 134 cm³/mol. The molecule has 8 nitrogen and oxygen atoms in total. The van der Waals surface area contributed by atoms with Crippen molar-refractivity contribution >= 4 is 29.3 Å². The first-order chi connectivity index (χ1) is 17.1. The Bertz CT molecular complexity index is 1180. The van der Waals surface area contributed by atoms with E-state index in [0.717, 1.165) is 24.0 Å². The SMILES string of the molecule is O=C(NCc1ccccc1)c1cnc(N2C3CCC2COC3)nc1NCc1ccc(CO)c(Cl)c1. The van der Waals surface area contributed by atoms with E-state index in [9.17, 15) is 9.90 Å². The van der Waals surface area contributed by atoms with Crippen LogP contribution in [0, 0.1) is 0 Å². The number of benzene rings is 2. The summed E-state index contributed by atoms with van der Waals surface area (Å²) in [6.45, 7) is 2.04. The topological polar surface area (TPSA) is 99.6 Å². The van der Waals surface area contributed by atoms with Gasteiger partial charge in [0.1, 0.15) is 11.4 Å². The zero-order chi connectivity index (χ0) is 24.2. The summed E-state index contributed by atoms with van der Waals surface area (Å²) < 4.78 is 5.70. The first-order valence-electron chi connectivity index (χ1n) is 11.8.